The number of hydrogen-bond acceptors (Lipinski definition) is 6. The maximum absolute atomic E-state index is 9.60. The van der Waals surface area contributed by atoms with Crippen molar-refractivity contribution in [2.45, 2.75) is 72.6 Å². The molecule has 0 aromatic heterocycles. The molecule has 0 rings (SSSR count). The van der Waals surface area contributed by atoms with Gasteiger partial charge in [-0.15, -0.1) is 0 Å². The molecule has 0 saturated carbocycles. The Balaban J connectivity index is -0.000000157. The second kappa shape index (κ2) is 25.3. The minimum atomic E-state index is -0.935. The van der Waals surface area contributed by atoms with Crippen LogP contribution in [0.25, 0.3) is 0 Å². The first kappa shape index (κ1) is 35.7. The summed E-state index contributed by atoms with van der Waals surface area (Å²) in [5.74, 6) is -1.87. The molecule has 0 spiro atoms. The van der Waals surface area contributed by atoms with Gasteiger partial charge in [0.25, 0.3) is 0 Å². The van der Waals surface area contributed by atoms with E-state index in [4.69, 9.17) is 30.6 Å². The molecule has 0 aliphatic carbocycles. The maximum atomic E-state index is 9.60. The van der Waals surface area contributed by atoms with Crippen molar-refractivity contribution in [3.63, 3.8) is 0 Å². The van der Waals surface area contributed by atoms with Crippen LogP contribution in [0.5, 0.6) is 0 Å². The van der Waals surface area contributed by atoms with E-state index >= 15 is 0 Å². The van der Waals surface area contributed by atoms with Crippen LogP contribution >= 0.6 is 0 Å². The Hall–Kier alpha value is -1.74. The van der Waals surface area contributed by atoms with E-state index < -0.39 is 11.9 Å². The van der Waals surface area contributed by atoms with Crippen LogP contribution in [0.15, 0.2) is 24.3 Å². The lowest BCUT2D eigenvalue weighted by molar-refractivity contribution is -0.133. The van der Waals surface area contributed by atoms with Gasteiger partial charge < -0.3 is 30.6 Å². The third-order valence-electron chi connectivity index (χ3n) is 3.40. The van der Waals surface area contributed by atoms with E-state index in [0.29, 0.717) is 13.2 Å². The van der Waals surface area contributed by atoms with Gasteiger partial charge in [-0.3, -0.25) is 0 Å². The minimum absolute atomic E-state index is 0.0451. The quantitative estimate of drug-likeness (QED) is 0.201. The monoisotopic (exact) mass is 436 g/mol. The Labute approximate surface area is 181 Å². The summed E-state index contributed by atoms with van der Waals surface area (Å²) in [4.78, 5) is 19.2. The molecule has 6 N–H and O–H groups in total. The average molecular weight is 437 g/mol. The second-order valence-corrected chi connectivity index (χ2v) is 7.57. The lowest BCUT2D eigenvalue weighted by atomic mass is 9.97. The summed E-state index contributed by atoms with van der Waals surface area (Å²) in [5, 5.41) is 49.6. The summed E-state index contributed by atoms with van der Waals surface area (Å²) in [6.07, 6.45) is 7.89. The Morgan fingerprint density at radius 2 is 0.833 bits per heavy atom. The summed E-state index contributed by atoms with van der Waals surface area (Å²) in [6, 6.07) is 0. The fourth-order valence-electron chi connectivity index (χ4n) is 1.16. The summed E-state index contributed by atoms with van der Waals surface area (Å²) in [7, 11) is 0. The van der Waals surface area contributed by atoms with Crippen LogP contribution in [-0.4, -0.2) is 69.0 Å². The number of carboxylic acids is 2. The van der Waals surface area contributed by atoms with Crippen molar-refractivity contribution in [2.75, 3.05) is 26.4 Å². The molecule has 0 atom stereocenters. The topological polar surface area (TPSA) is 156 Å². The number of unbranched alkanes of at least 4 members (excludes halogenated alkanes) is 6. The van der Waals surface area contributed by atoms with E-state index in [9.17, 15) is 9.59 Å². The molecule has 8 heteroatoms. The lowest BCUT2D eigenvalue weighted by Gasteiger charge is -2.16. The zero-order valence-corrected chi connectivity index (χ0v) is 19.2. The number of aliphatic carboxylic acids is 2. The van der Waals surface area contributed by atoms with E-state index in [2.05, 4.69) is 13.2 Å². The summed E-state index contributed by atoms with van der Waals surface area (Å²) in [5.41, 5.74) is 0.0463. The van der Waals surface area contributed by atoms with Crippen LogP contribution in [0, 0.1) is 5.41 Å². The molecule has 0 radical (unpaired) electrons. The molecule has 0 aliphatic heterocycles. The third-order valence-corrected chi connectivity index (χ3v) is 3.40. The Bertz CT molecular complexity index is 382. The van der Waals surface area contributed by atoms with Gasteiger partial charge in [0.2, 0.25) is 0 Å². The first-order valence-corrected chi connectivity index (χ1v) is 10.0. The number of aliphatic hydroxyl groups excluding tert-OH is 4. The smallest absolute Gasteiger partial charge is 0.330 e. The van der Waals surface area contributed by atoms with Crippen molar-refractivity contribution < 1.29 is 40.2 Å². The molecule has 0 fully saturated rings. The van der Waals surface area contributed by atoms with Crippen molar-refractivity contribution >= 4 is 11.9 Å². The molecule has 0 amide bonds. The molecule has 0 saturated heterocycles. The van der Waals surface area contributed by atoms with Crippen LogP contribution in [0.1, 0.15) is 72.6 Å². The number of rotatable bonds is 12. The van der Waals surface area contributed by atoms with E-state index in [-0.39, 0.29) is 29.8 Å². The van der Waals surface area contributed by atoms with E-state index in [0.717, 1.165) is 25.7 Å². The van der Waals surface area contributed by atoms with Crippen molar-refractivity contribution in [1.82, 2.24) is 0 Å². The first-order chi connectivity index (χ1) is 13.8. The molecular weight excluding hydrogens is 392 g/mol. The van der Waals surface area contributed by atoms with Gasteiger partial charge in [-0.2, -0.15) is 0 Å². The molecule has 8 nitrogen and oxygen atoms in total. The molecule has 0 bridgehead atoms. The predicted octanol–water partition coefficient (Wildman–Crippen LogP) is 2.99. The van der Waals surface area contributed by atoms with Crippen molar-refractivity contribution in [1.29, 1.82) is 0 Å². The molecule has 180 valence electrons. The average Bonchev–Trinajstić information content (AvgIpc) is 2.68. The Morgan fingerprint density at radius 3 is 0.933 bits per heavy atom. The van der Waals surface area contributed by atoms with Crippen LogP contribution in [0.2, 0.25) is 0 Å². The highest BCUT2D eigenvalue weighted by Gasteiger charge is 2.13. The molecule has 0 aliphatic rings. The van der Waals surface area contributed by atoms with Gasteiger partial charge in [-0.1, -0.05) is 59.1 Å². The molecule has 0 aromatic rings. The third kappa shape index (κ3) is 40.8. The van der Waals surface area contributed by atoms with Crippen LogP contribution in [0.3, 0.4) is 0 Å². The summed E-state index contributed by atoms with van der Waals surface area (Å²) in [6.45, 7) is 13.6. The van der Waals surface area contributed by atoms with Crippen LogP contribution < -0.4 is 0 Å². The highest BCUT2D eigenvalue weighted by Crippen LogP contribution is 2.10. The summed E-state index contributed by atoms with van der Waals surface area (Å²) >= 11 is 0. The number of aliphatic hydroxyl groups is 4. The molecule has 0 heterocycles. The fraction of sp³-hybridized carbons (Fsp3) is 0.727. The van der Waals surface area contributed by atoms with E-state index in [1.807, 2.05) is 0 Å². The Morgan fingerprint density at radius 1 is 0.633 bits per heavy atom. The SMILES string of the molecule is C=C(C)C(=O)O.C=C(C)C(=O)O.CC(C)(CO)CO.OCCCCCCCCCO. The second-order valence-electron chi connectivity index (χ2n) is 7.57. The zero-order valence-electron chi connectivity index (χ0n) is 19.2. The van der Waals surface area contributed by atoms with Gasteiger partial charge in [0.15, 0.2) is 0 Å². The van der Waals surface area contributed by atoms with Gasteiger partial charge in [0.05, 0.1) is 13.2 Å². The van der Waals surface area contributed by atoms with Crippen molar-refractivity contribution in [2.24, 2.45) is 5.41 Å². The molecule has 0 unspecified atom stereocenters. The Kier molecular flexibility index (Phi) is 30.1. The van der Waals surface area contributed by atoms with Crippen LogP contribution in [-0.2, 0) is 9.59 Å². The van der Waals surface area contributed by atoms with E-state index in [1.54, 1.807) is 13.8 Å². The molecule has 0 aromatic carbocycles. The standard InChI is InChI=1S/C9H20O2.C5H12O2.2C4H6O2/c10-8-6-4-2-1-3-5-7-9-11;1-5(2,3-6)4-7;2*1-3(2)4(5)6/h10-11H,1-9H2;6-7H,3-4H2,1-2H3;2*1H2,2H3,(H,5,6). The van der Waals surface area contributed by atoms with Gasteiger partial charge in [0, 0.05) is 29.8 Å². The fourth-order valence-corrected chi connectivity index (χ4v) is 1.16. The highest BCUT2D eigenvalue weighted by atomic mass is 16.4. The number of hydrogen-bond donors (Lipinski definition) is 6. The number of carboxylic acid groups (broad SMARTS) is 2. The molecule has 30 heavy (non-hydrogen) atoms. The predicted molar refractivity (Wildman–Crippen MR) is 119 cm³/mol. The normalized spacial score (nSPS) is 9.60. The van der Waals surface area contributed by atoms with Crippen LogP contribution in [0.4, 0.5) is 0 Å². The largest absolute Gasteiger partial charge is 0.478 e. The van der Waals surface area contributed by atoms with Gasteiger partial charge in [-0.25, -0.2) is 9.59 Å². The number of carbonyl (C=O) groups is 2. The lowest BCUT2D eigenvalue weighted by Crippen LogP contribution is -2.20. The maximum Gasteiger partial charge on any atom is 0.330 e. The van der Waals surface area contributed by atoms with Gasteiger partial charge in [-0.05, 0) is 26.7 Å². The summed E-state index contributed by atoms with van der Waals surface area (Å²) < 4.78 is 0. The highest BCUT2D eigenvalue weighted by molar-refractivity contribution is 5.85. The van der Waals surface area contributed by atoms with E-state index in [1.165, 1.54) is 33.1 Å². The first-order valence-electron chi connectivity index (χ1n) is 10.0. The zero-order chi connectivity index (χ0) is 24.6. The van der Waals surface area contributed by atoms with Gasteiger partial charge in [0.1, 0.15) is 0 Å². The van der Waals surface area contributed by atoms with Crippen molar-refractivity contribution in [3.05, 3.63) is 24.3 Å². The molecular formula is C22H44O8. The van der Waals surface area contributed by atoms with Gasteiger partial charge >= 0.3 is 11.9 Å². The minimum Gasteiger partial charge on any atom is -0.478 e. The van der Waals surface area contributed by atoms with Crippen molar-refractivity contribution in [3.8, 4) is 0 Å².